The van der Waals surface area contributed by atoms with Gasteiger partial charge in [-0.15, -0.1) is 0 Å². The SMILES string of the molecule is O=C(NCCc1c[nH]c2ccccc12)C1CC1C(=O)N1CCC2(CC1)OCCO2. The molecule has 1 aromatic heterocycles. The third kappa shape index (κ3) is 3.65. The van der Waals surface area contributed by atoms with E-state index in [1.165, 1.54) is 10.9 Å². The number of piperidine rings is 1. The Morgan fingerprint density at radius 1 is 1.14 bits per heavy atom. The van der Waals surface area contributed by atoms with Crippen molar-refractivity contribution in [2.75, 3.05) is 32.8 Å². The molecule has 3 fully saturated rings. The predicted octanol–water partition coefficient (Wildman–Crippen LogP) is 1.83. The van der Waals surface area contributed by atoms with Crippen LogP contribution < -0.4 is 5.32 Å². The average molecular weight is 397 g/mol. The molecule has 1 saturated carbocycles. The third-order valence-electron chi connectivity index (χ3n) is 6.46. The lowest BCUT2D eigenvalue weighted by molar-refractivity contribution is -0.187. The van der Waals surface area contributed by atoms with Crippen molar-refractivity contribution in [1.82, 2.24) is 15.2 Å². The van der Waals surface area contributed by atoms with Gasteiger partial charge in [0.25, 0.3) is 0 Å². The Labute approximate surface area is 169 Å². The van der Waals surface area contributed by atoms with Crippen LogP contribution in [0.1, 0.15) is 24.8 Å². The molecule has 1 spiro atoms. The fourth-order valence-electron chi connectivity index (χ4n) is 4.64. The highest BCUT2D eigenvalue weighted by atomic mass is 16.7. The van der Waals surface area contributed by atoms with Crippen LogP contribution in [0.4, 0.5) is 0 Å². The summed E-state index contributed by atoms with van der Waals surface area (Å²) in [5, 5.41) is 4.21. The molecule has 7 nitrogen and oxygen atoms in total. The van der Waals surface area contributed by atoms with Gasteiger partial charge in [-0.2, -0.15) is 0 Å². The van der Waals surface area contributed by atoms with Gasteiger partial charge in [-0.25, -0.2) is 0 Å². The summed E-state index contributed by atoms with van der Waals surface area (Å²) >= 11 is 0. The average Bonchev–Trinajstić information content (AvgIpc) is 3.27. The van der Waals surface area contributed by atoms with E-state index in [4.69, 9.17) is 9.47 Å². The first-order valence-corrected chi connectivity index (χ1v) is 10.5. The van der Waals surface area contributed by atoms with Gasteiger partial charge in [0.15, 0.2) is 5.79 Å². The number of carbonyl (C=O) groups excluding carboxylic acids is 2. The monoisotopic (exact) mass is 397 g/mol. The van der Waals surface area contributed by atoms with Crippen molar-refractivity contribution in [2.45, 2.75) is 31.5 Å². The number of carbonyl (C=O) groups is 2. The van der Waals surface area contributed by atoms with Gasteiger partial charge >= 0.3 is 0 Å². The van der Waals surface area contributed by atoms with Crippen molar-refractivity contribution in [1.29, 1.82) is 0 Å². The molecule has 3 aliphatic rings. The largest absolute Gasteiger partial charge is 0.361 e. The number of fused-ring (bicyclic) bond motifs is 1. The molecule has 0 radical (unpaired) electrons. The Morgan fingerprint density at radius 2 is 1.90 bits per heavy atom. The number of hydrogen-bond acceptors (Lipinski definition) is 4. The van der Waals surface area contributed by atoms with E-state index < -0.39 is 5.79 Å². The molecule has 2 amide bonds. The lowest BCUT2D eigenvalue weighted by Crippen LogP contribution is -2.48. The maximum atomic E-state index is 12.7. The van der Waals surface area contributed by atoms with Crippen molar-refractivity contribution >= 4 is 22.7 Å². The molecule has 7 heteroatoms. The lowest BCUT2D eigenvalue weighted by atomic mass is 10.0. The molecule has 2 N–H and O–H groups in total. The van der Waals surface area contributed by atoms with Crippen LogP contribution in [0.25, 0.3) is 10.9 Å². The highest BCUT2D eigenvalue weighted by Gasteiger charge is 2.51. The van der Waals surface area contributed by atoms with Crippen LogP contribution in [0.2, 0.25) is 0 Å². The van der Waals surface area contributed by atoms with E-state index in [2.05, 4.69) is 16.4 Å². The second-order valence-electron chi connectivity index (χ2n) is 8.28. The molecule has 29 heavy (non-hydrogen) atoms. The molecule has 2 unspecified atom stereocenters. The maximum Gasteiger partial charge on any atom is 0.226 e. The molecule has 2 aromatic rings. The minimum Gasteiger partial charge on any atom is -0.361 e. The van der Waals surface area contributed by atoms with E-state index in [9.17, 15) is 9.59 Å². The summed E-state index contributed by atoms with van der Waals surface area (Å²) in [5.74, 6) is -0.712. The van der Waals surface area contributed by atoms with Crippen LogP contribution in [-0.2, 0) is 25.5 Å². The van der Waals surface area contributed by atoms with Crippen LogP contribution in [0.3, 0.4) is 0 Å². The van der Waals surface area contributed by atoms with Crippen LogP contribution >= 0.6 is 0 Å². The Morgan fingerprint density at radius 3 is 2.69 bits per heavy atom. The normalized spacial score (nSPS) is 25.4. The molecule has 3 heterocycles. The number of hydrogen-bond donors (Lipinski definition) is 2. The molecule has 154 valence electrons. The van der Waals surface area contributed by atoms with Crippen molar-refractivity contribution < 1.29 is 19.1 Å². The van der Waals surface area contributed by atoms with E-state index in [0.29, 0.717) is 52.1 Å². The molecular weight excluding hydrogens is 370 g/mol. The Kier molecular flexibility index (Phi) is 4.80. The number of H-pyrrole nitrogens is 1. The minimum atomic E-state index is -0.473. The summed E-state index contributed by atoms with van der Waals surface area (Å²) in [7, 11) is 0. The second-order valence-corrected chi connectivity index (χ2v) is 8.28. The summed E-state index contributed by atoms with van der Waals surface area (Å²) in [6, 6.07) is 8.16. The number of amides is 2. The van der Waals surface area contributed by atoms with Gasteiger partial charge in [-0.3, -0.25) is 9.59 Å². The summed E-state index contributed by atoms with van der Waals surface area (Å²) in [6.45, 7) is 3.14. The van der Waals surface area contributed by atoms with Crippen molar-refractivity contribution in [3.05, 3.63) is 36.0 Å². The molecule has 0 bridgehead atoms. The van der Waals surface area contributed by atoms with Gasteiger partial charge in [0.05, 0.1) is 25.0 Å². The minimum absolute atomic E-state index is 0.000805. The van der Waals surface area contributed by atoms with Gasteiger partial charge in [-0.1, -0.05) is 18.2 Å². The Hall–Kier alpha value is -2.38. The van der Waals surface area contributed by atoms with Gasteiger partial charge < -0.3 is 24.7 Å². The van der Waals surface area contributed by atoms with E-state index in [-0.39, 0.29) is 23.7 Å². The zero-order chi connectivity index (χ0) is 19.8. The number of aromatic amines is 1. The molecule has 1 aromatic carbocycles. The molecular formula is C22H27N3O4. The van der Waals surface area contributed by atoms with Gasteiger partial charge in [0.2, 0.25) is 11.8 Å². The molecule has 2 aliphatic heterocycles. The fourth-order valence-corrected chi connectivity index (χ4v) is 4.64. The summed E-state index contributed by atoms with van der Waals surface area (Å²) < 4.78 is 11.4. The fraction of sp³-hybridized carbons (Fsp3) is 0.545. The number of nitrogens with one attached hydrogen (secondary N) is 2. The standard InChI is InChI=1S/C22H27N3O4/c26-20(23-8-5-15-14-24-19-4-2-1-3-16(15)19)17-13-18(17)21(27)25-9-6-22(7-10-25)28-11-12-29-22/h1-4,14,17-18,24H,5-13H2,(H,23,26). The first-order valence-electron chi connectivity index (χ1n) is 10.5. The van der Waals surface area contributed by atoms with Crippen molar-refractivity contribution in [3.63, 3.8) is 0 Å². The van der Waals surface area contributed by atoms with E-state index in [0.717, 1.165) is 11.9 Å². The van der Waals surface area contributed by atoms with E-state index in [1.807, 2.05) is 29.3 Å². The number of ether oxygens (including phenoxy) is 2. The number of nitrogens with zero attached hydrogens (tertiary/aromatic N) is 1. The summed E-state index contributed by atoms with van der Waals surface area (Å²) in [4.78, 5) is 30.3. The van der Waals surface area contributed by atoms with Crippen LogP contribution in [0, 0.1) is 11.8 Å². The van der Waals surface area contributed by atoms with E-state index >= 15 is 0 Å². The molecule has 1 aliphatic carbocycles. The van der Waals surface area contributed by atoms with Crippen molar-refractivity contribution in [2.24, 2.45) is 11.8 Å². The topological polar surface area (TPSA) is 83.7 Å². The molecule has 2 saturated heterocycles. The zero-order valence-electron chi connectivity index (χ0n) is 16.5. The summed E-state index contributed by atoms with van der Waals surface area (Å²) in [6.07, 6.45) is 4.86. The quantitative estimate of drug-likeness (QED) is 0.806. The van der Waals surface area contributed by atoms with Gasteiger partial charge in [0.1, 0.15) is 0 Å². The van der Waals surface area contributed by atoms with Crippen molar-refractivity contribution in [3.8, 4) is 0 Å². The van der Waals surface area contributed by atoms with Gasteiger partial charge in [0, 0.05) is 49.6 Å². The number of likely N-dealkylation sites (tertiary alicyclic amines) is 1. The number of para-hydroxylation sites is 1. The summed E-state index contributed by atoms with van der Waals surface area (Å²) in [5.41, 5.74) is 2.31. The Bertz CT molecular complexity index is 908. The molecule has 5 rings (SSSR count). The van der Waals surface area contributed by atoms with Gasteiger partial charge in [-0.05, 0) is 24.5 Å². The zero-order valence-corrected chi connectivity index (χ0v) is 16.5. The smallest absolute Gasteiger partial charge is 0.226 e. The van der Waals surface area contributed by atoms with Crippen LogP contribution in [-0.4, -0.2) is 60.3 Å². The van der Waals surface area contributed by atoms with Crippen LogP contribution in [0.5, 0.6) is 0 Å². The first-order chi connectivity index (χ1) is 14.2. The first kappa shape index (κ1) is 18.6. The Balaban J connectivity index is 1.08. The lowest BCUT2D eigenvalue weighted by Gasteiger charge is -2.37. The van der Waals surface area contributed by atoms with E-state index in [1.54, 1.807) is 0 Å². The highest BCUT2D eigenvalue weighted by molar-refractivity contribution is 5.92. The third-order valence-corrected chi connectivity index (χ3v) is 6.46. The maximum absolute atomic E-state index is 12.7. The molecule has 2 atom stereocenters. The highest BCUT2D eigenvalue weighted by Crippen LogP contribution is 2.41. The number of rotatable bonds is 5. The predicted molar refractivity (Wildman–Crippen MR) is 107 cm³/mol. The number of aromatic nitrogens is 1. The van der Waals surface area contributed by atoms with Crippen LogP contribution in [0.15, 0.2) is 30.5 Å². The number of benzene rings is 1. The second kappa shape index (κ2) is 7.46.